The Morgan fingerprint density at radius 3 is 1.89 bits per heavy atom. The Morgan fingerprint density at radius 1 is 0.842 bits per heavy atom. The predicted octanol–water partition coefficient (Wildman–Crippen LogP) is 5.00. The molecule has 0 amide bonds. The number of aliphatic hydroxyl groups is 1. The van der Waals surface area contributed by atoms with Gasteiger partial charge in [0.2, 0.25) is 0 Å². The average Bonchev–Trinajstić information content (AvgIpc) is 2.39. The number of ether oxygens (including phenoxy) is 1. The van der Waals surface area contributed by atoms with Crippen LogP contribution in [0, 0.1) is 0 Å². The quantitative estimate of drug-likeness (QED) is 0.340. The zero-order valence-electron chi connectivity index (χ0n) is 13.0. The second kappa shape index (κ2) is 16.3. The molecule has 0 aromatic heterocycles. The first-order valence-electron chi connectivity index (χ1n) is 8.14. The molecule has 3 heteroatoms. The first-order chi connectivity index (χ1) is 9.27. The first-order valence-corrected chi connectivity index (χ1v) is 9.30. The molecule has 1 unspecified atom stereocenters. The number of thioether (sulfide) groups is 1. The topological polar surface area (TPSA) is 29.5 Å². The molecule has 0 fully saturated rings. The normalized spacial score (nSPS) is 12.8. The molecular formula is C16H34O2S. The van der Waals surface area contributed by atoms with Crippen LogP contribution >= 0.6 is 11.8 Å². The van der Waals surface area contributed by atoms with Crippen LogP contribution < -0.4 is 0 Å². The lowest BCUT2D eigenvalue weighted by Gasteiger charge is -2.06. The summed E-state index contributed by atoms with van der Waals surface area (Å²) in [6.07, 6.45) is 13.4. The molecule has 19 heavy (non-hydrogen) atoms. The molecule has 116 valence electrons. The van der Waals surface area contributed by atoms with Crippen molar-refractivity contribution in [3.8, 4) is 0 Å². The number of hydrogen-bond donors (Lipinski definition) is 1. The van der Waals surface area contributed by atoms with Crippen LogP contribution in [0.5, 0.6) is 0 Å². The van der Waals surface area contributed by atoms with Crippen molar-refractivity contribution in [3.63, 3.8) is 0 Å². The molecule has 0 rings (SSSR count). The van der Waals surface area contributed by atoms with Gasteiger partial charge in [-0.25, -0.2) is 0 Å². The molecule has 0 aromatic rings. The molecule has 0 saturated carbocycles. The highest BCUT2D eigenvalue weighted by atomic mass is 32.2. The zero-order valence-corrected chi connectivity index (χ0v) is 13.8. The predicted molar refractivity (Wildman–Crippen MR) is 86.8 cm³/mol. The third kappa shape index (κ3) is 18.3. The van der Waals surface area contributed by atoms with E-state index in [1.54, 1.807) is 6.92 Å². The van der Waals surface area contributed by atoms with Crippen molar-refractivity contribution in [2.24, 2.45) is 0 Å². The monoisotopic (exact) mass is 290 g/mol. The summed E-state index contributed by atoms with van der Waals surface area (Å²) in [5, 5.41) is 8.91. The third-order valence-corrected chi connectivity index (χ3v) is 4.26. The van der Waals surface area contributed by atoms with Crippen LogP contribution in [-0.2, 0) is 4.74 Å². The third-order valence-electron chi connectivity index (χ3n) is 3.23. The fourth-order valence-corrected chi connectivity index (χ4v) is 2.90. The van der Waals surface area contributed by atoms with Gasteiger partial charge in [0.15, 0.2) is 6.29 Å². The van der Waals surface area contributed by atoms with Crippen molar-refractivity contribution in [2.75, 3.05) is 18.1 Å². The summed E-state index contributed by atoms with van der Waals surface area (Å²) in [6.45, 7) is 4.60. The molecule has 0 aliphatic rings. The van der Waals surface area contributed by atoms with E-state index >= 15 is 0 Å². The minimum Gasteiger partial charge on any atom is -0.368 e. The Hall–Kier alpha value is 0.270. The second-order valence-electron chi connectivity index (χ2n) is 5.26. The summed E-state index contributed by atoms with van der Waals surface area (Å²) >= 11 is 1.94. The van der Waals surface area contributed by atoms with Gasteiger partial charge in [0.1, 0.15) is 0 Å². The van der Waals surface area contributed by atoms with Gasteiger partial charge in [-0.05, 0) is 19.1 Å². The molecule has 2 nitrogen and oxygen atoms in total. The van der Waals surface area contributed by atoms with Crippen LogP contribution in [0.1, 0.15) is 78.1 Å². The van der Waals surface area contributed by atoms with Crippen molar-refractivity contribution in [3.05, 3.63) is 0 Å². The largest absolute Gasteiger partial charge is 0.368 e. The highest BCUT2D eigenvalue weighted by Crippen LogP contribution is 2.12. The Morgan fingerprint density at radius 2 is 1.37 bits per heavy atom. The zero-order chi connectivity index (χ0) is 14.2. The SMILES string of the molecule is CCCCCCCCCCCCSCCOC(C)O. The van der Waals surface area contributed by atoms with E-state index in [1.807, 2.05) is 11.8 Å². The average molecular weight is 291 g/mol. The van der Waals surface area contributed by atoms with Gasteiger partial charge >= 0.3 is 0 Å². The molecule has 1 atom stereocenters. The standard InChI is InChI=1S/C16H34O2S/c1-3-4-5-6-7-8-9-10-11-12-14-19-15-13-18-16(2)17/h16-17H,3-15H2,1-2H3. The van der Waals surface area contributed by atoms with Crippen molar-refractivity contribution in [1.82, 2.24) is 0 Å². The number of unbranched alkanes of at least 4 members (excludes halogenated alkanes) is 9. The molecule has 0 radical (unpaired) electrons. The fourth-order valence-electron chi connectivity index (χ4n) is 2.07. The maximum atomic E-state index is 8.91. The van der Waals surface area contributed by atoms with Gasteiger partial charge in [0.25, 0.3) is 0 Å². The highest BCUT2D eigenvalue weighted by Gasteiger charge is 1.95. The highest BCUT2D eigenvalue weighted by molar-refractivity contribution is 7.99. The van der Waals surface area contributed by atoms with Crippen molar-refractivity contribution < 1.29 is 9.84 Å². The minimum absolute atomic E-state index is 0.613. The molecule has 0 aromatic carbocycles. The van der Waals surface area contributed by atoms with Crippen LogP contribution in [-0.4, -0.2) is 29.5 Å². The Kier molecular flexibility index (Phi) is 16.6. The van der Waals surface area contributed by atoms with E-state index in [1.165, 1.54) is 70.0 Å². The van der Waals surface area contributed by atoms with Crippen molar-refractivity contribution >= 4 is 11.8 Å². The van der Waals surface area contributed by atoms with Gasteiger partial charge in [-0.15, -0.1) is 0 Å². The lowest BCUT2D eigenvalue weighted by atomic mass is 10.1. The van der Waals surface area contributed by atoms with Gasteiger partial charge in [-0.2, -0.15) is 11.8 Å². The summed E-state index contributed by atoms with van der Waals surface area (Å²) in [6, 6.07) is 0. The molecule has 1 N–H and O–H groups in total. The van der Waals surface area contributed by atoms with Gasteiger partial charge in [-0.3, -0.25) is 0 Å². The summed E-state index contributed by atoms with van der Waals surface area (Å²) < 4.78 is 5.08. The fraction of sp³-hybridized carbons (Fsp3) is 1.00. The number of hydrogen-bond acceptors (Lipinski definition) is 3. The number of rotatable bonds is 15. The molecule has 0 heterocycles. The van der Waals surface area contributed by atoms with Gasteiger partial charge in [0, 0.05) is 5.75 Å². The molecule has 0 spiro atoms. The van der Waals surface area contributed by atoms with E-state index in [2.05, 4.69) is 6.92 Å². The van der Waals surface area contributed by atoms with Crippen LogP contribution in [0.25, 0.3) is 0 Å². The number of aliphatic hydroxyl groups excluding tert-OH is 1. The van der Waals surface area contributed by atoms with E-state index < -0.39 is 6.29 Å². The van der Waals surface area contributed by atoms with Crippen molar-refractivity contribution in [2.45, 2.75) is 84.3 Å². The van der Waals surface area contributed by atoms with E-state index in [-0.39, 0.29) is 0 Å². The molecule has 0 aliphatic carbocycles. The van der Waals surface area contributed by atoms with Crippen molar-refractivity contribution in [1.29, 1.82) is 0 Å². The summed E-state index contributed by atoms with van der Waals surface area (Å²) in [4.78, 5) is 0. The Labute approximate surface area is 124 Å². The Bertz CT molecular complexity index is 163. The van der Waals surface area contributed by atoms with Crippen LogP contribution in [0.2, 0.25) is 0 Å². The van der Waals surface area contributed by atoms with Gasteiger partial charge < -0.3 is 9.84 Å². The summed E-state index contributed by atoms with van der Waals surface area (Å²) in [7, 11) is 0. The lowest BCUT2D eigenvalue weighted by molar-refractivity contribution is -0.0790. The smallest absolute Gasteiger partial charge is 0.151 e. The van der Waals surface area contributed by atoms with E-state index in [0.29, 0.717) is 6.61 Å². The van der Waals surface area contributed by atoms with Crippen LogP contribution in [0.15, 0.2) is 0 Å². The summed E-state index contributed by atoms with van der Waals surface area (Å²) in [5.74, 6) is 2.24. The van der Waals surface area contributed by atoms with E-state index in [9.17, 15) is 0 Å². The Balaban J connectivity index is 2.91. The second-order valence-corrected chi connectivity index (χ2v) is 6.49. The minimum atomic E-state index is -0.613. The first kappa shape index (κ1) is 19.3. The van der Waals surface area contributed by atoms with E-state index in [4.69, 9.17) is 9.84 Å². The molecule has 0 bridgehead atoms. The lowest BCUT2D eigenvalue weighted by Crippen LogP contribution is -2.08. The van der Waals surface area contributed by atoms with Crippen LogP contribution in [0.4, 0.5) is 0 Å². The van der Waals surface area contributed by atoms with E-state index in [0.717, 1.165) is 5.75 Å². The summed E-state index contributed by atoms with van der Waals surface area (Å²) in [5.41, 5.74) is 0. The van der Waals surface area contributed by atoms with Gasteiger partial charge in [-0.1, -0.05) is 64.7 Å². The maximum Gasteiger partial charge on any atom is 0.151 e. The molecular weight excluding hydrogens is 256 g/mol. The molecule has 0 aliphatic heterocycles. The molecule has 0 saturated heterocycles. The van der Waals surface area contributed by atoms with Gasteiger partial charge in [0.05, 0.1) is 6.61 Å². The van der Waals surface area contributed by atoms with Crippen LogP contribution in [0.3, 0.4) is 0 Å². The maximum absolute atomic E-state index is 8.91.